The highest BCUT2D eigenvalue weighted by atomic mass is 32.2. The lowest BCUT2D eigenvalue weighted by Gasteiger charge is -2.23. The quantitative estimate of drug-likeness (QED) is 0.845. The second-order valence-corrected chi connectivity index (χ2v) is 9.08. The number of carbonyl (C=O) groups excluding carboxylic acids is 1. The zero-order valence-corrected chi connectivity index (χ0v) is 16.6. The minimum absolute atomic E-state index is 0.0167. The molecule has 0 spiro atoms. The lowest BCUT2D eigenvalue weighted by Crippen LogP contribution is -2.37. The van der Waals surface area contributed by atoms with E-state index in [-0.39, 0.29) is 23.5 Å². The summed E-state index contributed by atoms with van der Waals surface area (Å²) in [6.45, 7) is 4.10. The molecule has 1 aliphatic rings. The average Bonchev–Trinajstić information content (AvgIpc) is 3.02. The molecule has 1 atom stereocenters. The maximum atomic E-state index is 12.6. The van der Waals surface area contributed by atoms with Gasteiger partial charge in [-0.3, -0.25) is 4.79 Å². The largest absolute Gasteiger partial charge is 0.338 e. The van der Waals surface area contributed by atoms with Crippen molar-refractivity contribution < 1.29 is 13.2 Å². The first-order valence-electron chi connectivity index (χ1n) is 8.96. The second-order valence-electron chi connectivity index (χ2n) is 6.86. The van der Waals surface area contributed by atoms with Gasteiger partial charge in [-0.25, -0.2) is 18.4 Å². The van der Waals surface area contributed by atoms with Crippen molar-refractivity contribution in [2.75, 3.05) is 23.9 Å². The summed E-state index contributed by atoms with van der Waals surface area (Å²) < 4.78 is 23.3. The predicted octanol–water partition coefficient (Wildman–Crippen LogP) is 2.35. The van der Waals surface area contributed by atoms with Crippen molar-refractivity contribution in [3.8, 4) is 0 Å². The molecule has 1 unspecified atom stereocenters. The van der Waals surface area contributed by atoms with Crippen molar-refractivity contribution in [3.63, 3.8) is 0 Å². The number of benzene rings is 1. The molecule has 2 heterocycles. The molecule has 1 fully saturated rings. The molecular weight excluding hydrogens is 364 g/mol. The zero-order chi connectivity index (χ0) is 19.6. The first-order chi connectivity index (χ1) is 12.8. The first-order valence-corrected chi connectivity index (χ1v) is 10.8. The summed E-state index contributed by atoms with van der Waals surface area (Å²) in [6, 6.07) is 5.79. The van der Waals surface area contributed by atoms with Crippen LogP contribution in [0.25, 0.3) is 0 Å². The van der Waals surface area contributed by atoms with Gasteiger partial charge in [0.25, 0.3) is 5.91 Å². The maximum absolute atomic E-state index is 12.6. The van der Waals surface area contributed by atoms with E-state index in [0.717, 1.165) is 17.7 Å². The van der Waals surface area contributed by atoms with Gasteiger partial charge in [-0.2, -0.15) is 0 Å². The summed E-state index contributed by atoms with van der Waals surface area (Å²) in [4.78, 5) is 22.6. The summed E-state index contributed by atoms with van der Waals surface area (Å²) in [5.74, 6) is 0.295. The summed E-state index contributed by atoms with van der Waals surface area (Å²) in [5.41, 5.74) is 3.58. The molecule has 0 aliphatic carbocycles. The van der Waals surface area contributed by atoms with E-state index in [1.54, 1.807) is 7.05 Å². The monoisotopic (exact) mass is 388 g/mol. The van der Waals surface area contributed by atoms with Crippen LogP contribution in [0.1, 0.15) is 34.8 Å². The topological polar surface area (TPSA) is 92.3 Å². The van der Waals surface area contributed by atoms with Crippen LogP contribution in [0, 0.1) is 6.92 Å². The van der Waals surface area contributed by atoms with Crippen LogP contribution in [0.3, 0.4) is 0 Å². The molecule has 2 aromatic rings. The number of sulfone groups is 1. The number of anilines is 2. The highest BCUT2D eigenvalue weighted by Crippen LogP contribution is 2.24. The van der Waals surface area contributed by atoms with E-state index < -0.39 is 9.84 Å². The molecule has 0 bridgehead atoms. The third-order valence-corrected chi connectivity index (χ3v) is 6.70. The van der Waals surface area contributed by atoms with Crippen molar-refractivity contribution in [3.05, 3.63) is 47.3 Å². The third kappa shape index (κ3) is 4.27. The van der Waals surface area contributed by atoms with Gasteiger partial charge in [0.2, 0.25) is 5.95 Å². The highest BCUT2D eigenvalue weighted by Gasteiger charge is 2.33. The van der Waals surface area contributed by atoms with Crippen LogP contribution >= 0.6 is 0 Å². The zero-order valence-electron chi connectivity index (χ0n) is 15.8. The van der Waals surface area contributed by atoms with E-state index in [4.69, 9.17) is 0 Å². The van der Waals surface area contributed by atoms with Crippen molar-refractivity contribution >= 4 is 27.4 Å². The van der Waals surface area contributed by atoms with Crippen molar-refractivity contribution in [2.24, 2.45) is 0 Å². The molecule has 0 saturated carbocycles. The van der Waals surface area contributed by atoms with Gasteiger partial charge in [-0.15, -0.1) is 0 Å². The van der Waals surface area contributed by atoms with Crippen LogP contribution in [0.4, 0.5) is 11.6 Å². The molecule has 0 radical (unpaired) electrons. The number of para-hydroxylation sites is 1. The number of aryl methyl sites for hydroxylation is 2. The molecule has 8 heteroatoms. The fourth-order valence-electron chi connectivity index (χ4n) is 3.27. The Labute approximate surface area is 159 Å². The number of hydrogen-bond donors (Lipinski definition) is 1. The van der Waals surface area contributed by atoms with Crippen LogP contribution in [0.5, 0.6) is 0 Å². The van der Waals surface area contributed by atoms with Crippen LogP contribution in [-0.2, 0) is 16.3 Å². The first kappa shape index (κ1) is 19.3. The fraction of sp³-hybridized carbons (Fsp3) is 0.421. The summed E-state index contributed by atoms with van der Waals surface area (Å²) in [7, 11) is -1.42. The molecule has 3 rings (SSSR count). The van der Waals surface area contributed by atoms with Crippen molar-refractivity contribution in [1.82, 2.24) is 14.9 Å². The van der Waals surface area contributed by atoms with E-state index in [0.29, 0.717) is 17.9 Å². The van der Waals surface area contributed by atoms with E-state index in [1.807, 2.05) is 19.1 Å². The van der Waals surface area contributed by atoms with Gasteiger partial charge >= 0.3 is 0 Å². The van der Waals surface area contributed by atoms with E-state index >= 15 is 0 Å². The molecule has 1 amide bonds. The molecular formula is C19H24N4O3S. The van der Waals surface area contributed by atoms with Crippen molar-refractivity contribution in [2.45, 2.75) is 32.7 Å². The van der Waals surface area contributed by atoms with E-state index in [9.17, 15) is 13.2 Å². The molecule has 1 N–H and O–H groups in total. The van der Waals surface area contributed by atoms with Gasteiger partial charge in [0.15, 0.2) is 9.84 Å². The van der Waals surface area contributed by atoms with Gasteiger partial charge in [0.05, 0.1) is 17.1 Å². The fourth-order valence-corrected chi connectivity index (χ4v) is 5.04. The summed E-state index contributed by atoms with van der Waals surface area (Å²) in [6.07, 6.45) is 4.30. The number of aromatic nitrogens is 2. The van der Waals surface area contributed by atoms with Gasteiger partial charge in [0.1, 0.15) is 0 Å². The predicted molar refractivity (Wildman–Crippen MR) is 105 cm³/mol. The molecule has 1 aliphatic heterocycles. The van der Waals surface area contributed by atoms with Crippen LogP contribution < -0.4 is 5.32 Å². The maximum Gasteiger partial charge on any atom is 0.257 e. The molecule has 1 saturated heterocycles. The number of carbonyl (C=O) groups is 1. The Morgan fingerprint density at radius 3 is 2.59 bits per heavy atom. The van der Waals surface area contributed by atoms with Crippen LogP contribution in [0.2, 0.25) is 0 Å². The van der Waals surface area contributed by atoms with Crippen LogP contribution in [0.15, 0.2) is 30.6 Å². The molecule has 1 aromatic carbocycles. The number of hydrogen-bond acceptors (Lipinski definition) is 6. The average molecular weight is 388 g/mol. The SMILES string of the molecule is CCc1cccc(C)c1Nc1ncc(C(=O)N(C)C2CCS(=O)(=O)C2)cn1. The summed E-state index contributed by atoms with van der Waals surface area (Å²) in [5, 5.41) is 3.23. The lowest BCUT2D eigenvalue weighted by molar-refractivity contribution is 0.0747. The third-order valence-electron chi connectivity index (χ3n) is 4.95. The Morgan fingerprint density at radius 1 is 1.30 bits per heavy atom. The standard InChI is InChI=1S/C19H24N4O3S/c1-4-14-7-5-6-13(2)17(14)22-19-20-10-15(11-21-19)18(24)23(3)16-8-9-27(25,26)12-16/h5-7,10-11,16H,4,8-9,12H2,1-3H3,(H,20,21,22). The lowest BCUT2D eigenvalue weighted by atomic mass is 10.1. The Morgan fingerprint density at radius 2 is 2.00 bits per heavy atom. The van der Waals surface area contributed by atoms with Crippen molar-refractivity contribution in [1.29, 1.82) is 0 Å². The molecule has 1 aromatic heterocycles. The second kappa shape index (κ2) is 7.64. The molecule has 27 heavy (non-hydrogen) atoms. The number of amides is 1. The highest BCUT2D eigenvalue weighted by molar-refractivity contribution is 7.91. The molecule has 7 nitrogen and oxygen atoms in total. The number of nitrogens with one attached hydrogen (secondary N) is 1. The van der Waals surface area contributed by atoms with E-state index in [2.05, 4.69) is 28.3 Å². The van der Waals surface area contributed by atoms with Gasteiger partial charge in [-0.05, 0) is 30.9 Å². The summed E-state index contributed by atoms with van der Waals surface area (Å²) >= 11 is 0. The minimum atomic E-state index is -3.04. The number of nitrogens with zero attached hydrogens (tertiary/aromatic N) is 3. The smallest absolute Gasteiger partial charge is 0.257 e. The van der Waals surface area contributed by atoms with Gasteiger partial charge in [-0.1, -0.05) is 25.1 Å². The minimum Gasteiger partial charge on any atom is -0.338 e. The van der Waals surface area contributed by atoms with E-state index in [1.165, 1.54) is 22.9 Å². The van der Waals surface area contributed by atoms with Crippen LogP contribution in [-0.4, -0.2) is 53.8 Å². The Hall–Kier alpha value is -2.48. The number of rotatable bonds is 5. The van der Waals surface area contributed by atoms with Gasteiger partial charge < -0.3 is 10.2 Å². The Bertz CT molecular complexity index is 942. The Kier molecular flexibility index (Phi) is 5.46. The van der Waals surface area contributed by atoms with Gasteiger partial charge in [0, 0.05) is 31.2 Å². The normalized spacial score (nSPS) is 18.3. The Balaban J connectivity index is 1.73. The molecule has 144 valence electrons.